The molecule has 0 spiro atoms. The maximum atomic E-state index is 13.6. The summed E-state index contributed by atoms with van der Waals surface area (Å²) in [5, 5.41) is 3.06. The van der Waals surface area contributed by atoms with Gasteiger partial charge in [0.1, 0.15) is 17.9 Å². The van der Waals surface area contributed by atoms with Gasteiger partial charge in [0.15, 0.2) is 0 Å². The molecule has 0 aliphatic carbocycles. The Labute approximate surface area is 215 Å². The lowest BCUT2D eigenvalue weighted by atomic mass is 9.89. The van der Waals surface area contributed by atoms with E-state index in [1.165, 1.54) is 0 Å². The van der Waals surface area contributed by atoms with Gasteiger partial charge >= 0.3 is 0 Å². The molecule has 1 N–H and O–H groups in total. The van der Waals surface area contributed by atoms with Gasteiger partial charge in [0.25, 0.3) is 10.0 Å². The van der Waals surface area contributed by atoms with Crippen LogP contribution in [0.4, 0.5) is 5.69 Å². The molecular weight excluding hydrogens is 528 g/mol. The van der Waals surface area contributed by atoms with Gasteiger partial charge in [-0.2, -0.15) is 0 Å². The molecule has 0 fully saturated rings. The van der Waals surface area contributed by atoms with Crippen molar-refractivity contribution in [3.63, 3.8) is 0 Å². The van der Waals surface area contributed by atoms with E-state index in [-0.39, 0.29) is 17.5 Å². The molecule has 1 aliphatic heterocycles. The number of nitrogens with zero attached hydrogens (tertiary/aromatic N) is 1. The molecule has 184 valence electrons. The predicted octanol–water partition coefficient (Wildman–Crippen LogP) is 5.68. The van der Waals surface area contributed by atoms with Crippen LogP contribution in [-0.2, 0) is 14.8 Å². The predicted molar refractivity (Wildman–Crippen MR) is 141 cm³/mol. The largest absolute Gasteiger partial charge is 0.487 e. The van der Waals surface area contributed by atoms with Gasteiger partial charge in [-0.3, -0.25) is 9.10 Å². The van der Waals surface area contributed by atoms with Crippen LogP contribution < -0.4 is 14.4 Å². The van der Waals surface area contributed by atoms with Gasteiger partial charge in [-0.15, -0.1) is 0 Å². The topological polar surface area (TPSA) is 75.7 Å². The zero-order valence-corrected chi connectivity index (χ0v) is 22.6. The Hall–Kier alpha value is -2.84. The lowest BCUT2D eigenvalue weighted by Crippen LogP contribution is -2.45. The molecular formula is C27H29BrN2O4S. The fourth-order valence-electron chi connectivity index (χ4n) is 4.22. The second-order valence-electron chi connectivity index (χ2n) is 9.53. The minimum Gasteiger partial charge on any atom is -0.487 e. The van der Waals surface area contributed by atoms with Crippen LogP contribution in [0.25, 0.3) is 0 Å². The molecule has 0 bridgehead atoms. The zero-order chi connectivity index (χ0) is 25.4. The molecule has 35 heavy (non-hydrogen) atoms. The van der Waals surface area contributed by atoms with Gasteiger partial charge in [0.2, 0.25) is 5.91 Å². The molecule has 0 aromatic heterocycles. The number of nitrogens with one attached hydrogen (secondary N) is 1. The number of aryl methyl sites for hydroxylation is 2. The molecule has 4 rings (SSSR count). The van der Waals surface area contributed by atoms with Crippen LogP contribution >= 0.6 is 15.9 Å². The Morgan fingerprint density at radius 2 is 1.66 bits per heavy atom. The van der Waals surface area contributed by atoms with Crippen LogP contribution in [0, 0.1) is 13.8 Å². The van der Waals surface area contributed by atoms with E-state index in [4.69, 9.17) is 4.74 Å². The number of amides is 1. The van der Waals surface area contributed by atoms with Gasteiger partial charge < -0.3 is 10.1 Å². The SMILES string of the molecule is Cc1ccc(S(=O)(=O)N(CC(=O)NC2CC(C)(C)Oc3cc(C)ccc32)c2ccc(Br)cc2)cc1. The van der Waals surface area contributed by atoms with Crippen molar-refractivity contribution >= 4 is 37.5 Å². The highest BCUT2D eigenvalue weighted by Crippen LogP contribution is 2.40. The van der Waals surface area contributed by atoms with Crippen LogP contribution in [0.5, 0.6) is 5.75 Å². The number of carbonyl (C=O) groups is 1. The highest BCUT2D eigenvalue weighted by Gasteiger charge is 2.35. The van der Waals surface area contributed by atoms with Crippen molar-refractivity contribution in [1.82, 2.24) is 5.32 Å². The summed E-state index contributed by atoms with van der Waals surface area (Å²) in [5.74, 6) is 0.349. The maximum absolute atomic E-state index is 13.6. The molecule has 3 aromatic carbocycles. The minimum atomic E-state index is -3.98. The maximum Gasteiger partial charge on any atom is 0.264 e. The van der Waals surface area contributed by atoms with Crippen molar-refractivity contribution in [1.29, 1.82) is 0 Å². The van der Waals surface area contributed by atoms with Gasteiger partial charge in [0, 0.05) is 16.5 Å². The monoisotopic (exact) mass is 556 g/mol. The standard InChI is InChI=1S/C27H29BrN2O4S/c1-18-5-12-22(13-6-18)35(32,33)30(21-10-8-20(28)9-11-21)17-26(31)29-24-16-27(3,4)34-25-15-19(2)7-14-23(24)25/h5-15,24H,16-17H2,1-4H3,(H,29,31). The van der Waals surface area contributed by atoms with Gasteiger partial charge in [-0.1, -0.05) is 45.8 Å². The number of hydrogen-bond donors (Lipinski definition) is 1. The molecule has 1 heterocycles. The molecule has 6 nitrogen and oxygen atoms in total. The van der Waals surface area contributed by atoms with Crippen molar-refractivity contribution in [2.24, 2.45) is 0 Å². The summed E-state index contributed by atoms with van der Waals surface area (Å²) in [5.41, 5.74) is 2.84. The summed E-state index contributed by atoms with van der Waals surface area (Å²) in [6.45, 7) is 7.49. The molecule has 8 heteroatoms. The average molecular weight is 558 g/mol. The molecule has 1 amide bonds. The summed E-state index contributed by atoms with van der Waals surface area (Å²) >= 11 is 3.39. The summed E-state index contributed by atoms with van der Waals surface area (Å²) in [7, 11) is -3.98. The Kier molecular flexibility index (Phi) is 6.97. The van der Waals surface area contributed by atoms with Crippen molar-refractivity contribution in [2.75, 3.05) is 10.8 Å². The van der Waals surface area contributed by atoms with Gasteiger partial charge in [0.05, 0.1) is 16.6 Å². The van der Waals surface area contributed by atoms with Crippen LogP contribution in [0.15, 0.2) is 76.1 Å². The van der Waals surface area contributed by atoms with E-state index in [0.29, 0.717) is 12.1 Å². The Morgan fingerprint density at radius 1 is 1.03 bits per heavy atom. The summed E-state index contributed by atoms with van der Waals surface area (Å²) in [6.07, 6.45) is 0.567. The third-order valence-corrected chi connectivity index (χ3v) is 8.29. The Balaban J connectivity index is 1.64. The first kappa shape index (κ1) is 25.3. The van der Waals surface area contributed by atoms with Crippen molar-refractivity contribution in [2.45, 2.75) is 50.7 Å². The molecule has 1 atom stereocenters. The average Bonchev–Trinajstić information content (AvgIpc) is 2.77. The van der Waals surface area contributed by atoms with Gasteiger partial charge in [-0.05, 0) is 75.7 Å². The van der Waals surface area contributed by atoms with Gasteiger partial charge in [-0.25, -0.2) is 8.42 Å². The Morgan fingerprint density at radius 3 is 2.31 bits per heavy atom. The smallest absolute Gasteiger partial charge is 0.264 e. The van der Waals surface area contributed by atoms with E-state index in [0.717, 1.165) is 31.2 Å². The fourth-order valence-corrected chi connectivity index (χ4v) is 5.90. The normalized spacial score (nSPS) is 16.7. The van der Waals surface area contributed by atoms with E-state index in [2.05, 4.69) is 21.2 Å². The summed E-state index contributed by atoms with van der Waals surface area (Å²) in [4.78, 5) is 13.4. The lowest BCUT2D eigenvalue weighted by Gasteiger charge is -2.38. The van der Waals surface area contributed by atoms with E-state index in [9.17, 15) is 13.2 Å². The number of halogens is 1. The highest BCUT2D eigenvalue weighted by atomic mass is 79.9. The second-order valence-corrected chi connectivity index (χ2v) is 12.3. The number of ether oxygens (including phenoxy) is 1. The second kappa shape index (κ2) is 9.66. The van der Waals surface area contributed by atoms with E-state index in [1.54, 1.807) is 48.5 Å². The zero-order valence-electron chi connectivity index (χ0n) is 20.2. The fraction of sp³-hybridized carbons (Fsp3) is 0.296. The van der Waals surface area contributed by atoms with E-state index in [1.807, 2.05) is 45.9 Å². The molecule has 0 saturated heterocycles. The Bertz CT molecular complexity index is 1340. The molecule has 1 aliphatic rings. The summed E-state index contributed by atoms with van der Waals surface area (Å²) in [6, 6.07) is 19.1. The molecule has 3 aromatic rings. The lowest BCUT2D eigenvalue weighted by molar-refractivity contribution is -0.120. The number of hydrogen-bond acceptors (Lipinski definition) is 4. The number of carbonyl (C=O) groups excluding carboxylic acids is 1. The van der Waals surface area contributed by atoms with E-state index >= 15 is 0 Å². The number of anilines is 1. The van der Waals surface area contributed by atoms with Crippen LogP contribution in [-0.4, -0.2) is 26.5 Å². The molecule has 0 saturated carbocycles. The van der Waals surface area contributed by atoms with Crippen molar-refractivity contribution in [3.05, 3.63) is 87.9 Å². The van der Waals surface area contributed by atoms with Crippen LogP contribution in [0.3, 0.4) is 0 Å². The number of rotatable bonds is 6. The van der Waals surface area contributed by atoms with Crippen LogP contribution in [0.1, 0.15) is 43.0 Å². The third kappa shape index (κ3) is 5.70. The van der Waals surface area contributed by atoms with E-state index < -0.39 is 21.5 Å². The highest BCUT2D eigenvalue weighted by molar-refractivity contribution is 9.10. The molecule has 0 radical (unpaired) electrons. The van der Waals surface area contributed by atoms with Crippen molar-refractivity contribution < 1.29 is 17.9 Å². The van der Waals surface area contributed by atoms with Crippen molar-refractivity contribution in [3.8, 4) is 5.75 Å². The first-order valence-electron chi connectivity index (χ1n) is 11.4. The van der Waals surface area contributed by atoms with Crippen LogP contribution in [0.2, 0.25) is 0 Å². The molecule has 1 unspecified atom stereocenters. The number of sulfonamides is 1. The number of fused-ring (bicyclic) bond motifs is 1. The third-order valence-electron chi connectivity index (χ3n) is 5.97. The minimum absolute atomic E-state index is 0.131. The first-order valence-corrected chi connectivity index (χ1v) is 13.6. The number of benzene rings is 3. The summed E-state index contributed by atoms with van der Waals surface area (Å²) < 4.78 is 35.3. The quantitative estimate of drug-likeness (QED) is 0.423. The first-order chi connectivity index (χ1) is 16.4.